The van der Waals surface area contributed by atoms with E-state index in [2.05, 4.69) is 20.3 Å². The Kier molecular flexibility index (Phi) is 6.82. The van der Waals surface area contributed by atoms with Crippen LogP contribution in [0.25, 0.3) is 10.6 Å². The minimum Gasteiger partial charge on any atom is -0.488 e. The summed E-state index contributed by atoms with van der Waals surface area (Å²) in [6.45, 7) is 3.75. The van der Waals surface area contributed by atoms with E-state index < -0.39 is 30.2 Å². The lowest BCUT2D eigenvalue weighted by Crippen LogP contribution is -2.27. The summed E-state index contributed by atoms with van der Waals surface area (Å²) in [4.78, 5) is 25.1. The Morgan fingerprint density at radius 1 is 1.24 bits per heavy atom. The Morgan fingerprint density at radius 2 is 1.97 bits per heavy atom. The number of carbonyl (C=O) groups is 1. The van der Waals surface area contributed by atoms with Crippen molar-refractivity contribution in [1.82, 2.24) is 20.3 Å². The second kappa shape index (κ2) is 9.65. The highest BCUT2D eigenvalue weighted by molar-refractivity contribution is 7.14. The van der Waals surface area contributed by atoms with Gasteiger partial charge in [0, 0.05) is 46.6 Å². The average Bonchev–Trinajstić information content (AvgIpc) is 3.40. The molecular weight excluding hydrogens is 473 g/mol. The molecular formula is C22H21F3N4O4S. The normalized spacial score (nSPS) is 19.1. The highest BCUT2D eigenvalue weighted by Crippen LogP contribution is 2.31. The van der Waals surface area contributed by atoms with Gasteiger partial charge < -0.3 is 19.9 Å². The third kappa shape index (κ3) is 5.69. The summed E-state index contributed by atoms with van der Waals surface area (Å²) in [6, 6.07) is 4.33. The van der Waals surface area contributed by atoms with Crippen molar-refractivity contribution in [3.63, 3.8) is 0 Å². The van der Waals surface area contributed by atoms with Crippen molar-refractivity contribution in [2.45, 2.75) is 44.9 Å². The fourth-order valence-corrected chi connectivity index (χ4v) is 4.09. The van der Waals surface area contributed by atoms with Crippen LogP contribution in [-0.4, -0.2) is 45.0 Å². The number of aryl methyl sites for hydroxylation is 1. The van der Waals surface area contributed by atoms with E-state index in [1.807, 2.05) is 6.92 Å². The van der Waals surface area contributed by atoms with Crippen molar-refractivity contribution in [3.05, 3.63) is 58.6 Å². The van der Waals surface area contributed by atoms with Gasteiger partial charge in [0.2, 0.25) is 5.82 Å². The third-order valence-electron chi connectivity index (χ3n) is 5.05. The van der Waals surface area contributed by atoms with E-state index in [0.717, 1.165) is 17.3 Å². The zero-order chi connectivity index (χ0) is 24.5. The van der Waals surface area contributed by atoms with Crippen LogP contribution in [-0.2, 0) is 10.9 Å². The highest BCUT2D eigenvalue weighted by Gasteiger charge is 2.34. The van der Waals surface area contributed by atoms with Gasteiger partial charge in [-0.15, -0.1) is 11.3 Å². The van der Waals surface area contributed by atoms with E-state index in [4.69, 9.17) is 9.47 Å². The predicted octanol–water partition coefficient (Wildman–Crippen LogP) is 3.90. The summed E-state index contributed by atoms with van der Waals surface area (Å²) in [5.41, 5.74) is 1.27. The number of carbonyl (C=O) groups excluding carboxylic acids is 1. The van der Waals surface area contributed by atoms with Crippen molar-refractivity contribution in [2.75, 3.05) is 6.61 Å². The molecule has 4 rings (SSSR count). The van der Waals surface area contributed by atoms with E-state index in [9.17, 15) is 23.1 Å². The zero-order valence-corrected chi connectivity index (χ0v) is 19.0. The number of aromatic nitrogens is 3. The van der Waals surface area contributed by atoms with Crippen LogP contribution in [0.4, 0.5) is 13.2 Å². The van der Waals surface area contributed by atoms with Gasteiger partial charge in [0.05, 0.1) is 12.6 Å². The first-order chi connectivity index (χ1) is 16.1. The highest BCUT2D eigenvalue weighted by atomic mass is 32.1. The molecule has 0 radical (unpaired) electrons. The number of rotatable bonds is 6. The Morgan fingerprint density at radius 3 is 2.56 bits per heavy atom. The molecule has 0 aliphatic carbocycles. The molecule has 34 heavy (non-hydrogen) atoms. The van der Waals surface area contributed by atoms with E-state index in [1.165, 1.54) is 11.3 Å². The number of amides is 1. The summed E-state index contributed by atoms with van der Waals surface area (Å²) in [6.07, 6.45) is -1.82. The van der Waals surface area contributed by atoms with Gasteiger partial charge >= 0.3 is 6.18 Å². The maximum Gasteiger partial charge on any atom is 0.451 e. The number of benzene rings is 1. The topological polar surface area (TPSA) is 106 Å². The van der Waals surface area contributed by atoms with Crippen molar-refractivity contribution in [3.8, 4) is 16.3 Å². The molecule has 3 heterocycles. The number of thiazole rings is 1. The minimum atomic E-state index is -4.64. The largest absolute Gasteiger partial charge is 0.488 e. The predicted molar refractivity (Wildman–Crippen MR) is 116 cm³/mol. The molecule has 0 saturated carbocycles. The van der Waals surface area contributed by atoms with Crippen molar-refractivity contribution in [1.29, 1.82) is 0 Å². The SMILES string of the molecule is Cc1cnc(-c2cc(O[C@H]3CO[C@@H](O)C3)cc(C(=O)N[C@H](C)c3cnc(C(F)(F)F)nc3)c2)s1. The van der Waals surface area contributed by atoms with Gasteiger partial charge in [0.1, 0.15) is 16.9 Å². The van der Waals surface area contributed by atoms with Crippen LogP contribution in [0.2, 0.25) is 0 Å². The monoisotopic (exact) mass is 494 g/mol. The third-order valence-corrected chi connectivity index (χ3v) is 6.01. The summed E-state index contributed by atoms with van der Waals surface area (Å²) in [5, 5.41) is 13.0. The van der Waals surface area contributed by atoms with E-state index in [1.54, 1.807) is 31.3 Å². The molecule has 2 aromatic heterocycles. The number of alkyl halides is 3. The molecule has 1 aliphatic rings. The molecule has 0 unspecified atom stereocenters. The average molecular weight is 494 g/mol. The Balaban J connectivity index is 1.56. The van der Waals surface area contributed by atoms with Crippen LogP contribution in [0.3, 0.4) is 0 Å². The molecule has 8 nitrogen and oxygen atoms in total. The quantitative estimate of drug-likeness (QED) is 0.535. The number of aliphatic hydroxyl groups excluding tert-OH is 1. The molecule has 1 saturated heterocycles. The first kappa shape index (κ1) is 24.0. The molecule has 1 fully saturated rings. The number of ether oxygens (including phenoxy) is 2. The zero-order valence-electron chi connectivity index (χ0n) is 18.2. The number of halogens is 3. The van der Waals surface area contributed by atoms with E-state index in [0.29, 0.717) is 28.3 Å². The Hall–Kier alpha value is -3.09. The molecule has 3 aromatic rings. The molecule has 1 aliphatic heterocycles. The second-order valence-electron chi connectivity index (χ2n) is 7.82. The van der Waals surface area contributed by atoms with Gasteiger partial charge in [0.25, 0.3) is 5.91 Å². The maximum absolute atomic E-state index is 13.0. The molecule has 3 atom stereocenters. The van der Waals surface area contributed by atoms with Gasteiger partial charge in [-0.2, -0.15) is 13.2 Å². The number of nitrogens with one attached hydrogen (secondary N) is 1. The van der Waals surface area contributed by atoms with Crippen molar-refractivity contribution in [2.24, 2.45) is 0 Å². The number of hydrogen-bond acceptors (Lipinski definition) is 8. The van der Waals surface area contributed by atoms with Crippen LogP contribution in [0.1, 0.15) is 46.0 Å². The van der Waals surface area contributed by atoms with Crippen LogP contribution in [0, 0.1) is 6.92 Å². The Bertz CT molecular complexity index is 1170. The molecule has 1 amide bonds. The summed E-state index contributed by atoms with van der Waals surface area (Å²) < 4.78 is 49.2. The lowest BCUT2D eigenvalue weighted by molar-refractivity contribution is -0.145. The van der Waals surface area contributed by atoms with Gasteiger partial charge in [-0.25, -0.2) is 15.0 Å². The maximum atomic E-state index is 13.0. The van der Waals surface area contributed by atoms with Gasteiger partial charge in [-0.3, -0.25) is 4.79 Å². The van der Waals surface area contributed by atoms with Gasteiger partial charge in [-0.1, -0.05) is 0 Å². The molecule has 1 aromatic carbocycles. The van der Waals surface area contributed by atoms with Gasteiger partial charge in [0.15, 0.2) is 6.29 Å². The lowest BCUT2D eigenvalue weighted by atomic mass is 10.1. The molecule has 0 bridgehead atoms. The standard InChI is InChI=1S/C22H21F3N4O4S/c1-11-7-26-20(34-11)14-3-13(4-16(5-14)33-17-6-18(30)32-10-17)19(31)29-12(2)15-8-27-21(28-9-15)22(23,24)25/h3-5,7-9,12,17-18,30H,6,10H2,1-2H3,(H,29,31)/t12-,17-,18-/m1/s1. The fraction of sp³-hybridized carbons (Fsp3) is 0.364. The summed E-state index contributed by atoms with van der Waals surface area (Å²) >= 11 is 1.46. The van der Waals surface area contributed by atoms with Crippen molar-refractivity contribution < 1.29 is 32.5 Å². The second-order valence-corrected chi connectivity index (χ2v) is 9.05. The summed E-state index contributed by atoms with van der Waals surface area (Å²) in [5.74, 6) is -1.30. The van der Waals surface area contributed by atoms with Crippen LogP contribution in [0.5, 0.6) is 5.75 Å². The van der Waals surface area contributed by atoms with E-state index in [-0.39, 0.29) is 18.3 Å². The van der Waals surface area contributed by atoms with Crippen LogP contribution >= 0.6 is 11.3 Å². The van der Waals surface area contributed by atoms with Gasteiger partial charge in [-0.05, 0) is 32.0 Å². The molecule has 2 N–H and O–H groups in total. The smallest absolute Gasteiger partial charge is 0.451 e. The fourth-order valence-electron chi connectivity index (χ4n) is 3.34. The van der Waals surface area contributed by atoms with Crippen LogP contribution < -0.4 is 10.1 Å². The minimum absolute atomic E-state index is 0.217. The van der Waals surface area contributed by atoms with E-state index >= 15 is 0 Å². The van der Waals surface area contributed by atoms with Crippen molar-refractivity contribution >= 4 is 17.2 Å². The number of nitrogens with zero attached hydrogens (tertiary/aromatic N) is 3. The molecule has 0 spiro atoms. The Labute approximate surface area is 196 Å². The molecule has 180 valence electrons. The summed E-state index contributed by atoms with van der Waals surface area (Å²) in [7, 11) is 0. The number of aliphatic hydroxyl groups is 1. The lowest BCUT2D eigenvalue weighted by Gasteiger charge is -2.17. The first-order valence-electron chi connectivity index (χ1n) is 10.3. The van der Waals surface area contributed by atoms with Crippen LogP contribution in [0.15, 0.2) is 36.8 Å². The molecule has 12 heteroatoms. The first-order valence-corrected chi connectivity index (χ1v) is 11.1. The number of hydrogen-bond donors (Lipinski definition) is 2.